The van der Waals surface area contributed by atoms with Gasteiger partial charge < -0.3 is 10.4 Å². The van der Waals surface area contributed by atoms with Crippen molar-refractivity contribution >= 4 is 21.9 Å². The lowest BCUT2D eigenvalue weighted by Crippen LogP contribution is -2.59. The van der Waals surface area contributed by atoms with E-state index in [2.05, 4.69) is 5.32 Å². The first-order chi connectivity index (χ1) is 7.38. The van der Waals surface area contributed by atoms with Crippen LogP contribution in [0.3, 0.4) is 0 Å². The van der Waals surface area contributed by atoms with Gasteiger partial charge in [-0.1, -0.05) is 0 Å². The summed E-state index contributed by atoms with van der Waals surface area (Å²) < 4.78 is 23.6. The summed E-state index contributed by atoms with van der Waals surface area (Å²) in [5, 5.41) is 19.4. The van der Waals surface area contributed by atoms with Crippen LogP contribution in [-0.2, 0) is 19.6 Å². The van der Waals surface area contributed by atoms with Gasteiger partial charge in [0, 0.05) is 6.54 Å². The third-order valence-electron chi connectivity index (χ3n) is 2.03. The van der Waals surface area contributed by atoms with Crippen molar-refractivity contribution in [2.75, 3.05) is 18.8 Å². The predicted molar refractivity (Wildman–Crippen MR) is 50.5 cm³/mol. The zero-order valence-electron chi connectivity index (χ0n) is 8.08. The molecule has 1 aliphatic heterocycles. The molecule has 1 saturated heterocycles. The lowest BCUT2D eigenvalue weighted by molar-refractivity contribution is -0.143. The van der Waals surface area contributed by atoms with Crippen LogP contribution in [0.1, 0.15) is 0 Å². The first-order valence-corrected chi connectivity index (χ1v) is 5.85. The minimum Gasteiger partial charge on any atom is -0.480 e. The number of nitriles is 1. The number of aliphatic carboxylic acids is 1. The topological polar surface area (TPSA) is 128 Å². The van der Waals surface area contributed by atoms with Gasteiger partial charge in [-0.15, -0.1) is 0 Å². The van der Waals surface area contributed by atoms with E-state index < -0.39 is 40.2 Å². The van der Waals surface area contributed by atoms with Crippen LogP contribution in [0.4, 0.5) is 0 Å². The highest BCUT2D eigenvalue weighted by Crippen LogP contribution is 2.11. The molecule has 0 radical (unpaired) electrons. The molecule has 0 aliphatic carbocycles. The molecule has 2 N–H and O–H groups in total. The molecule has 1 atom stereocenters. The Kier molecular flexibility index (Phi) is 3.46. The molecule has 1 heterocycles. The molecule has 0 aromatic rings. The summed E-state index contributed by atoms with van der Waals surface area (Å²) in [5.74, 6) is -2.79. The van der Waals surface area contributed by atoms with Gasteiger partial charge in [0.05, 0.1) is 12.6 Å². The van der Waals surface area contributed by atoms with Gasteiger partial charge in [-0.3, -0.25) is 9.59 Å². The molecule has 1 rings (SSSR count). The average Bonchev–Trinajstić information content (AvgIpc) is 2.17. The van der Waals surface area contributed by atoms with Crippen molar-refractivity contribution in [3.05, 3.63) is 0 Å². The number of sulfonamides is 1. The summed E-state index contributed by atoms with van der Waals surface area (Å²) in [6.45, 7) is -0.861. The Morgan fingerprint density at radius 2 is 2.31 bits per heavy atom. The summed E-state index contributed by atoms with van der Waals surface area (Å²) >= 11 is 0. The summed E-state index contributed by atoms with van der Waals surface area (Å²) in [7, 11) is -4.03. The minimum atomic E-state index is -4.03. The Labute approximate surface area is 91.5 Å². The number of hydrogen-bond acceptors (Lipinski definition) is 5. The average molecular weight is 247 g/mol. The quantitative estimate of drug-likeness (QED) is 0.578. The molecule has 9 heteroatoms. The van der Waals surface area contributed by atoms with Crippen LogP contribution in [0, 0.1) is 11.3 Å². The van der Waals surface area contributed by atoms with Gasteiger partial charge in [0.25, 0.3) is 0 Å². The van der Waals surface area contributed by atoms with Gasteiger partial charge >= 0.3 is 5.97 Å². The number of nitrogens with zero attached hydrogens (tertiary/aromatic N) is 2. The molecule has 0 spiro atoms. The van der Waals surface area contributed by atoms with E-state index in [0.717, 1.165) is 0 Å². The van der Waals surface area contributed by atoms with E-state index in [1.54, 1.807) is 0 Å². The first kappa shape index (κ1) is 12.4. The van der Waals surface area contributed by atoms with Crippen molar-refractivity contribution in [2.45, 2.75) is 6.04 Å². The van der Waals surface area contributed by atoms with Crippen molar-refractivity contribution < 1.29 is 23.1 Å². The Bertz CT molecular complexity index is 451. The largest absolute Gasteiger partial charge is 0.480 e. The van der Waals surface area contributed by atoms with Crippen molar-refractivity contribution in [3.8, 4) is 6.07 Å². The number of amides is 1. The SMILES string of the molecule is N#CCS(=O)(=O)N1CC(=O)NCC1C(=O)O. The molecule has 1 aliphatic rings. The maximum Gasteiger partial charge on any atom is 0.323 e. The number of carbonyl (C=O) groups excluding carboxylic acids is 1. The number of carboxylic acids is 1. The molecular formula is C7H9N3O5S. The standard InChI is InChI=1S/C7H9N3O5S/c8-1-2-16(14,15)10-4-6(11)9-3-5(10)7(12)13/h5H,2-4H2,(H,9,11)(H,12,13). The number of rotatable bonds is 3. The second-order valence-electron chi connectivity index (χ2n) is 3.12. The molecule has 0 saturated carbocycles. The van der Waals surface area contributed by atoms with Crippen molar-refractivity contribution in [2.24, 2.45) is 0 Å². The highest BCUT2D eigenvalue weighted by atomic mass is 32.2. The van der Waals surface area contributed by atoms with Gasteiger partial charge in [-0.25, -0.2) is 8.42 Å². The van der Waals surface area contributed by atoms with Crippen molar-refractivity contribution in [1.82, 2.24) is 9.62 Å². The van der Waals surface area contributed by atoms with Crippen LogP contribution in [0.25, 0.3) is 0 Å². The van der Waals surface area contributed by atoms with Crippen LogP contribution >= 0.6 is 0 Å². The van der Waals surface area contributed by atoms with Gasteiger partial charge in [-0.2, -0.15) is 9.57 Å². The first-order valence-electron chi connectivity index (χ1n) is 4.24. The smallest absolute Gasteiger partial charge is 0.323 e. The molecular weight excluding hydrogens is 238 g/mol. The summed E-state index contributed by atoms with van der Waals surface area (Å²) in [5.41, 5.74) is 0. The van der Waals surface area contributed by atoms with Crippen molar-refractivity contribution in [1.29, 1.82) is 5.26 Å². The lowest BCUT2D eigenvalue weighted by atomic mass is 10.2. The molecule has 1 amide bonds. The van der Waals surface area contributed by atoms with Gasteiger partial charge in [0.2, 0.25) is 15.9 Å². The molecule has 0 bridgehead atoms. The van der Waals surface area contributed by atoms with Crippen LogP contribution in [0.15, 0.2) is 0 Å². The van der Waals surface area contributed by atoms with E-state index in [-0.39, 0.29) is 6.54 Å². The molecule has 1 unspecified atom stereocenters. The number of hydrogen-bond donors (Lipinski definition) is 2. The third-order valence-corrected chi connectivity index (χ3v) is 3.62. The molecule has 16 heavy (non-hydrogen) atoms. The fourth-order valence-corrected chi connectivity index (χ4v) is 2.48. The lowest BCUT2D eigenvalue weighted by Gasteiger charge is -2.30. The molecule has 1 fully saturated rings. The number of piperazine rings is 1. The van der Waals surface area contributed by atoms with E-state index in [9.17, 15) is 18.0 Å². The van der Waals surface area contributed by atoms with E-state index in [1.165, 1.54) is 6.07 Å². The normalized spacial score (nSPS) is 22.2. The number of carboxylic acid groups (broad SMARTS) is 1. The summed E-state index contributed by atoms with van der Waals surface area (Å²) in [6.07, 6.45) is 0. The Morgan fingerprint density at radius 1 is 1.69 bits per heavy atom. The molecule has 0 aromatic carbocycles. The van der Waals surface area contributed by atoms with E-state index in [4.69, 9.17) is 10.4 Å². The van der Waals surface area contributed by atoms with Crippen LogP contribution in [-0.4, -0.2) is 54.6 Å². The highest BCUT2D eigenvalue weighted by Gasteiger charge is 2.39. The monoisotopic (exact) mass is 247 g/mol. The fourth-order valence-electron chi connectivity index (χ4n) is 1.29. The van der Waals surface area contributed by atoms with Gasteiger partial charge in [0.1, 0.15) is 6.04 Å². The summed E-state index contributed by atoms with van der Waals surface area (Å²) in [6, 6.07) is 0.0744. The van der Waals surface area contributed by atoms with E-state index in [0.29, 0.717) is 4.31 Å². The summed E-state index contributed by atoms with van der Waals surface area (Å²) in [4.78, 5) is 21.8. The van der Waals surface area contributed by atoms with E-state index in [1.807, 2.05) is 0 Å². The van der Waals surface area contributed by atoms with Crippen molar-refractivity contribution in [3.63, 3.8) is 0 Å². The third kappa shape index (κ3) is 2.47. The van der Waals surface area contributed by atoms with E-state index >= 15 is 0 Å². The maximum atomic E-state index is 11.5. The predicted octanol–water partition coefficient (Wildman–Crippen LogP) is -2.28. The van der Waals surface area contributed by atoms with Gasteiger partial charge in [0.15, 0.2) is 5.75 Å². The molecule has 8 nitrogen and oxygen atoms in total. The number of nitrogens with one attached hydrogen (secondary N) is 1. The zero-order chi connectivity index (χ0) is 12.3. The van der Waals surface area contributed by atoms with Gasteiger partial charge in [-0.05, 0) is 0 Å². The van der Waals surface area contributed by atoms with Crippen LogP contribution in [0.2, 0.25) is 0 Å². The molecule has 88 valence electrons. The second-order valence-corrected chi connectivity index (χ2v) is 5.04. The number of carbonyl (C=O) groups is 2. The Morgan fingerprint density at radius 3 is 2.81 bits per heavy atom. The van der Waals surface area contributed by atoms with Crippen LogP contribution in [0.5, 0.6) is 0 Å². The highest BCUT2D eigenvalue weighted by molar-refractivity contribution is 7.89. The maximum absolute atomic E-state index is 11.5. The minimum absolute atomic E-state index is 0.293. The van der Waals surface area contributed by atoms with Crippen LogP contribution < -0.4 is 5.32 Å². The second kappa shape index (κ2) is 4.46. The fraction of sp³-hybridized carbons (Fsp3) is 0.571. The Balaban J connectivity index is 3.01. The zero-order valence-corrected chi connectivity index (χ0v) is 8.90. The molecule has 0 aromatic heterocycles. The Hall–Kier alpha value is -1.66.